The van der Waals surface area contributed by atoms with Gasteiger partial charge in [-0.3, -0.25) is 19.1 Å². The Morgan fingerprint density at radius 1 is 1.02 bits per heavy atom. The first-order valence-corrected chi connectivity index (χ1v) is 18.6. The zero-order valence-corrected chi connectivity index (χ0v) is 31.7. The topological polar surface area (TPSA) is 170 Å². The van der Waals surface area contributed by atoms with E-state index in [1.807, 2.05) is 39.3 Å². The van der Waals surface area contributed by atoms with Crippen LogP contribution in [0.5, 0.6) is 0 Å². The van der Waals surface area contributed by atoms with Gasteiger partial charge in [-0.05, 0) is 80.8 Å². The molecule has 2 aromatic rings. The van der Waals surface area contributed by atoms with Crippen molar-refractivity contribution in [2.45, 2.75) is 118 Å². The van der Waals surface area contributed by atoms with E-state index in [-0.39, 0.29) is 54.5 Å². The molecule has 12 heteroatoms. The second-order valence-electron chi connectivity index (χ2n) is 15.1. The third-order valence-corrected chi connectivity index (χ3v) is 10.2. The Morgan fingerprint density at radius 2 is 1.72 bits per heavy atom. The van der Waals surface area contributed by atoms with Crippen LogP contribution in [0.25, 0.3) is 10.9 Å². The van der Waals surface area contributed by atoms with E-state index in [1.165, 1.54) is 0 Å². The summed E-state index contributed by atoms with van der Waals surface area (Å²) < 4.78 is 12.8. The summed E-state index contributed by atoms with van der Waals surface area (Å²) in [7, 11) is 1.70. The molecule has 1 fully saturated rings. The maximum absolute atomic E-state index is 13.8. The summed E-state index contributed by atoms with van der Waals surface area (Å²) in [5, 5.41) is 26.9. The lowest BCUT2D eigenvalue weighted by molar-refractivity contribution is -0.131. The highest BCUT2D eigenvalue weighted by Crippen LogP contribution is 2.29. The first-order valence-electron chi connectivity index (χ1n) is 18.6. The van der Waals surface area contributed by atoms with Gasteiger partial charge in [0.05, 0.1) is 29.9 Å². The molecule has 0 radical (unpaired) electrons. The number of aliphatic hydroxyl groups excluding tert-OH is 1. The smallest absolute Gasteiger partial charge is 0.243 e. The van der Waals surface area contributed by atoms with Gasteiger partial charge in [0.15, 0.2) is 0 Å². The molecule has 12 nitrogen and oxygen atoms in total. The predicted octanol–water partition coefficient (Wildman–Crippen LogP) is 3.49. The molecular formula is C38H64N6O6. The molecule has 0 saturated carbocycles. The number of methoxy groups -OCH3 is 1. The molecule has 50 heavy (non-hydrogen) atoms. The number of ether oxygens (including phenoxy) is 2. The average molecular weight is 701 g/mol. The van der Waals surface area contributed by atoms with Crippen molar-refractivity contribution < 1.29 is 29.0 Å². The maximum Gasteiger partial charge on any atom is 0.243 e. The van der Waals surface area contributed by atoms with E-state index in [4.69, 9.17) is 20.3 Å². The summed E-state index contributed by atoms with van der Waals surface area (Å²) in [6.07, 6.45) is 2.78. The highest BCUT2D eigenvalue weighted by Gasteiger charge is 2.35. The number of nitrogens with zero attached hydrogens (tertiary/aromatic N) is 2. The van der Waals surface area contributed by atoms with Crippen molar-refractivity contribution in [3.8, 4) is 0 Å². The predicted molar refractivity (Wildman–Crippen MR) is 196 cm³/mol. The normalized spacial score (nSPS) is 17.1. The Bertz CT molecular complexity index is 1370. The Labute approximate surface area is 299 Å². The lowest BCUT2D eigenvalue weighted by atomic mass is 9.80. The van der Waals surface area contributed by atoms with Crippen LogP contribution in [0, 0.1) is 36.5 Å². The molecule has 0 aliphatic carbocycles. The van der Waals surface area contributed by atoms with Crippen LogP contribution in [-0.2, 0) is 36.8 Å². The van der Waals surface area contributed by atoms with Gasteiger partial charge in [0.2, 0.25) is 17.7 Å². The Kier molecular flexibility index (Phi) is 16.6. The van der Waals surface area contributed by atoms with Crippen molar-refractivity contribution in [3.05, 3.63) is 29.5 Å². The van der Waals surface area contributed by atoms with Crippen molar-refractivity contribution >= 4 is 28.6 Å². The fraction of sp³-hybridized carbons (Fsp3) is 0.737. The molecule has 1 aromatic heterocycles. The zero-order chi connectivity index (χ0) is 37.0. The highest BCUT2D eigenvalue weighted by atomic mass is 16.5. The summed E-state index contributed by atoms with van der Waals surface area (Å²) in [5.41, 5.74) is 8.77. The summed E-state index contributed by atoms with van der Waals surface area (Å²) in [6.45, 7) is 16.4. The van der Waals surface area contributed by atoms with E-state index in [2.05, 4.69) is 48.0 Å². The third-order valence-electron chi connectivity index (χ3n) is 10.2. The van der Waals surface area contributed by atoms with E-state index in [9.17, 15) is 19.5 Å². The van der Waals surface area contributed by atoms with Crippen molar-refractivity contribution in [2.75, 3.05) is 33.5 Å². The number of nitrogens with one attached hydrogen (secondary N) is 3. The number of rotatable bonds is 20. The molecule has 3 rings (SSSR count). The molecule has 1 aromatic carbocycles. The minimum absolute atomic E-state index is 0.0297. The first-order chi connectivity index (χ1) is 23.7. The van der Waals surface area contributed by atoms with Gasteiger partial charge in [0, 0.05) is 50.8 Å². The van der Waals surface area contributed by atoms with Gasteiger partial charge in [0.25, 0.3) is 0 Å². The van der Waals surface area contributed by atoms with Crippen LogP contribution < -0.4 is 21.7 Å². The van der Waals surface area contributed by atoms with E-state index < -0.39 is 30.0 Å². The van der Waals surface area contributed by atoms with Crippen LogP contribution >= 0.6 is 0 Å². The number of aryl methyl sites for hydroxylation is 2. The number of hydrogen-bond acceptors (Lipinski definition) is 8. The summed E-state index contributed by atoms with van der Waals surface area (Å²) in [4.78, 5) is 39.6. The number of carbonyl (C=O) groups excluding carboxylic acids is 3. The SMILES string of the molecule is COCCCn1nc(C)c2ccc(CC(C[C@H](NC(=O)[C@@H](NC(=O)CN)C(C)C)C(O)C[C@H](C(=O)NC3CCOCC3)C(C)C)C(C)C)cc21. The van der Waals surface area contributed by atoms with Gasteiger partial charge in [-0.15, -0.1) is 0 Å². The molecule has 6 N–H and O–H groups in total. The summed E-state index contributed by atoms with van der Waals surface area (Å²) in [6, 6.07) is 5.04. The van der Waals surface area contributed by atoms with Crippen LogP contribution in [0.2, 0.25) is 0 Å². The molecule has 0 bridgehead atoms. The Morgan fingerprint density at radius 3 is 2.32 bits per heavy atom. The monoisotopic (exact) mass is 700 g/mol. The van der Waals surface area contributed by atoms with Gasteiger partial charge < -0.3 is 36.3 Å². The molecule has 3 amide bonds. The molecule has 1 aliphatic heterocycles. The largest absolute Gasteiger partial charge is 0.391 e. The van der Waals surface area contributed by atoms with E-state index in [0.29, 0.717) is 26.2 Å². The lowest BCUT2D eigenvalue weighted by Gasteiger charge is -2.34. The number of amides is 3. The van der Waals surface area contributed by atoms with Crippen LogP contribution in [0.1, 0.15) is 84.9 Å². The summed E-state index contributed by atoms with van der Waals surface area (Å²) in [5.74, 6) is -1.27. The van der Waals surface area contributed by atoms with Crippen LogP contribution in [-0.4, -0.2) is 90.3 Å². The first kappa shape index (κ1) is 41.4. The zero-order valence-electron chi connectivity index (χ0n) is 31.7. The fourth-order valence-electron chi connectivity index (χ4n) is 6.87. The molecule has 5 atom stereocenters. The molecule has 0 spiro atoms. The van der Waals surface area contributed by atoms with E-state index >= 15 is 0 Å². The minimum Gasteiger partial charge on any atom is -0.391 e. The average Bonchev–Trinajstić information content (AvgIpc) is 3.39. The number of carbonyl (C=O) groups is 3. The van der Waals surface area contributed by atoms with E-state index in [1.54, 1.807) is 7.11 Å². The highest BCUT2D eigenvalue weighted by molar-refractivity contribution is 5.88. The van der Waals surface area contributed by atoms with Gasteiger partial charge in [-0.1, -0.05) is 53.7 Å². The van der Waals surface area contributed by atoms with Crippen molar-refractivity contribution in [2.24, 2.45) is 35.3 Å². The van der Waals surface area contributed by atoms with Crippen molar-refractivity contribution in [1.82, 2.24) is 25.7 Å². The van der Waals surface area contributed by atoms with Crippen LogP contribution in [0.3, 0.4) is 0 Å². The van der Waals surface area contributed by atoms with Gasteiger partial charge in [-0.25, -0.2) is 0 Å². The number of benzene rings is 1. The van der Waals surface area contributed by atoms with Gasteiger partial charge in [0.1, 0.15) is 6.04 Å². The Balaban J connectivity index is 1.89. The third kappa shape index (κ3) is 12.0. The number of aliphatic hydroxyl groups is 1. The number of hydrogen-bond donors (Lipinski definition) is 5. The molecule has 282 valence electrons. The molecular weight excluding hydrogens is 636 g/mol. The van der Waals surface area contributed by atoms with E-state index in [0.717, 1.165) is 54.4 Å². The maximum atomic E-state index is 13.8. The lowest BCUT2D eigenvalue weighted by Crippen LogP contribution is -2.56. The minimum atomic E-state index is -1.00. The standard InChI is InChI=1S/C38H64N6O6/c1-23(2)28(18-27-10-11-30-26(7)43-44(33(30)19-27)14-9-15-49-8)20-32(41-38(48)36(25(5)6)42-35(46)22-39)34(45)21-31(24(3)4)37(47)40-29-12-16-50-17-13-29/h10-11,19,23-25,28-29,31-32,34,36,45H,9,12-18,20-22,39H2,1-8H3,(H,40,47)(H,41,48)(H,42,46)/t28?,31-,32-,34?,36-/m0/s1. The molecule has 1 aliphatic rings. The van der Waals surface area contributed by atoms with Gasteiger partial charge in [-0.2, -0.15) is 5.10 Å². The number of fused-ring (bicyclic) bond motifs is 1. The van der Waals surface area contributed by atoms with Crippen LogP contribution in [0.4, 0.5) is 0 Å². The number of aromatic nitrogens is 2. The Hall–Kier alpha value is -3.06. The molecule has 2 heterocycles. The van der Waals surface area contributed by atoms with Crippen LogP contribution in [0.15, 0.2) is 18.2 Å². The second-order valence-corrected chi connectivity index (χ2v) is 15.1. The van der Waals surface area contributed by atoms with Gasteiger partial charge >= 0.3 is 0 Å². The summed E-state index contributed by atoms with van der Waals surface area (Å²) >= 11 is 0. The van der Waals surface area contributed by atoms with Crippen molar-refractivity contribution in [1.29, 1.82) is 0 Å². The quantitative estimate of drug-likeness (QED) is 0.131. The van der Waals surface area contributed by atoms with Crippen molar-refractivity contribution in [3.63, 3.8) is 0 Å². The molecule has 1 saturated heterocycles. The number of nitrogens with two attached hydrogens (primary N) is 1. The second kappa shape index (κ2) is 20.1. The fourth-order valence-corrected chi connectivity index (χ4v) is 6.87. The molecule has 2 unspecified atom stereocenters.